The lowest BCUT2D eigenvalue weighted by Crippen LogP contribution is -2.38. The molecule has 0 aliphatic carbocycles. The lowest BCUT2D eigenvalue weighted by molar-refractivity contribution is -0.137. The first-order valence-electron chi connectivity index (χ1n) is 8.72. The summed E-state index contributed by atoms with van der Waals surface area (Å²) in [5.41, 5.74) is -0.0314. The van der Waals surface area contributed by atoms with Gasteiger partial charge in [-0.15, -0.1) is 0 Å². The second-order valence-electron chi connectivity index (χ2n) is 5.35. The second-order valence-corrected chi connectivity index (χ2v) is 5.35. The maximum atomic E-state index is 12.8. The molecule has 0 spiro atoms. The minimum atomic E-state index is -4.31. The van der Waals surface area contributed by atoms with Gasteiger partial charge in [0.1, 0.15) is 0 Å². The average molecular weight is 342 g/mol. The number of rotatable bonds is 3. The summed E-state index contributed by atoms with van der Waals surface area (Å²) in [5, 5.41) is 0. The molecule has 2 rings (SSSR count). The molecule has 0 N–H and O–H groups in total. The Morgan fingerprint density at radius 1 is 1.17 bits per heavy atom. The van der Waals surface area contributed by atoms with E-state index in [9.17, 15) is 13.2 Å². The van der Waals surface area contributed by atoms with Crippen LogP contribution in [0, 0.1) is 5.92 Å². The fraction of sp³-hybridized carbons (Fsp3) is 0.667. The highest BCUT2D eigenvalue weighted by Gasteiger charge is 2.34. The Morgan fingerprint density at radius 3 is 2.25 bits per heavy atom. The van der Waals surface area contributed by atoms with Gasteiger partial charge in [-0.2, -0.15) is 13.2 Å². The van der Waals surface area contributed by atoms with Crippen LogP contribution < -0.4 is 4.90 Å². The molecule has 2 nitrogen and oxygen atoms in total. The van der Waals surface area contributed by atoms with Crippen molar-refractivity contribution in [2.45, 2.75) is 53.3 Å². The van der Waals surface area contributed by atoms with Gasteiger partial charge in [-0.25, -0.2) is 0 Å². The fourth-order valence-corrected chi connectivity index (χ4v) is 2.82. The Kier molecular flexibility index (Phi) is 10.1. The van der Waals surface area contributed by atoms with Crippen LogP contribution in [0.3, 0.4) is 0 Å². The first-order valence-corrected chi connectivity index (χ1v) is 8.72. The van der Waals surface area contributed by atoms with E-state index in [1.807, 2.05) is 39.6 Å². The third kappa shape index (κ3) is 6.04. The molecule has 136 valence electrons. The molecular weight excluding hydrogens is 312 g/mol. The maximum Gasteiger partial charge on any atom is 0.416 e. The van der Waals surface area contributed by atoms with E-state index in [2.05, 4.69) is 6.92 Å². The van der Waals surface area contributed by atoms with E-state index in [-0.39, 0.29) is 6.04 Å². The van der Waals surface area contributed by atoms with Crippen molar-refractivity contribution in [2.24, 2.45) is 5.92 Å². The fourth-order valence-electron chi connectivity index (χ4n) is 2.82. The van der Waals surface area contributed by atoms with Crippen LogP contribution in [0.15, 0.2) is 24.3 Å². The van der Waals surface area contributed by atoms with Gasteiger partial charge >= 0.3 is 6.18 Å². The highest BCUT2D eigenvalue weighted by molar-refractivity contribution is 6.04. The molecule has 1 fully saturated rings. The van der Waals surface area contributed by atoms with Crippen molar-refractivity contribution in [3.63, 3.8) is 0 Å². The number of benzene rings is 1. The number of anilines is 1. The van der Waals surface area contributed by atoms with Gasteiger partial charge in [-0.3, -0.25) is 0 Å². The zero-order valence-electron chi connectivity index (χ0n) is 15.7. The third-order valence-corrected chi connectivity index (χ3v) is 4.04. The molecular formula is C18H30BF3N2. The lowest BCUT2D eigenvalue weighted by Gasteiger charge is -2.31. The summed E-state index contributed by atoms with van der Waals surface area (Å²) in [4.78, 5) is 3.65. The van der Waals surface area contributed by atoms with Gasteiger partial charge in [0.05, 0.1) is 5.56 Å². The molecule has 0 saturated carbocycles. The summed E-state index contributed by atoms with van der Waals surface area (Å²) in [5.74, 6) is 0.375. The molecule has 1 heterocycles. The molecule has 1 aliphatic heterocycles. The standard InChI is InChI=1S/C14H18BF3N2.2C2H6/c1-3-10-8-20(15)9-13(10)19(2)12-6-4-5-11(7-12)14(16,17)18;2*1-2/h4-7,10,13H,3,8-9H2,1-2H3;2*1-2H3. The zero-order valence-corrected chi connectivity index (χ0v) is 15.7. The topological polar surface area (TPSA) is 6.48 Å². The van der Waals surface area contributed by atoms with E-state index in [4.69, 9.17) is 7.98 Å². The number of likely N-dealkylation sites (N-methyl/N-ethyl adjacent to an activating group) is 1. The molecule has 1 aromatic rings. The molecule has 1 saturated heterocycles. The monoisotopic (exact) mass is 342 g/mol. The minimum absolute atomic E-state index is 0.147. The van der Waals surface area contributed by atoms with Gasteiger partial charge in [0.25, 0.3) is 0 Å². The van der Waals surface area contributed by atoms with E-state index < -0.39 is 11.7 Å². The third-order valence-electron chi connectivity index (χ3n) is 4.04. The van der Waals surface area contributed by atoms with E-state index in [1.165, 1.54) is 12.1 Å². The van der Waals surface area contributed by atoms with Crippen molar-refractivity contribution < 1.29 is 13.2 Å². The summed E-state index contributed by atoms with van der Waals surface area (Å²) in [7, 11) is 7.67. The molecule has 2 atom stereocenters. The normalized spacial score (nSPS) is 20.5. The van der Waals surface area contributed by atoms with E-state index in [0.717, 1.165) is 19.0 Å². The highest BCUT2D eigenvalue weighted by atomic mass is 19.4. The molecule has 2 radical (unpaired) electrons. The van der Waals surface area contributed by atoms with E-state index in [1.54, 1.807) is 10.9 Å². The molecule has 0 aromatic heterocycles. The number of alkyl halides is 3. The van der Waals surface area contributed by atoms with Gasteiger partial charge in [0.2, 0.25) is 0 Å². The maximum absolute atomic E-state index is 12.8. The molecule has 2 unspecified atom stereocenters. The number of hydrogen-bond donors (Lipinski definition) is 0. The highest BCUT2D eigenvalue weighted by Crippen LogP contribution is 2.33. The van der Waals surface area contributed by atoms with Crippen LogP contribution in [0.25, 0.3) is 0 Å². The SMILES string of the molecule is CC.CC.[B]N1CC(CC)C(N(C)c2cccc(C(F)(F)F)c2)C1. The largest absolute Gasteiger partial charge is 0.416 e. The van der Waals surface area contributed by atoms with Crippen molar-refractivity contribution in [3.8, 4) is 0 Å². The smallest absolute Gasteiger partial charge is 0.370 e. The predicted octanol–water partition coefficient (Wildman–Crippen LogP) is 4.99. The van der Waals surface area contributed by atoms with Crippen molar-refractivity contribution in [1.29, 1.82) is 0 Å². The first kappa shape index (κ1) is 22.8. The Morgan fingerprint density at radius 2 is 1.75 bits per heavy atom. The summed E-state index contributed by atoms with van der Waals surface area (Å²) in [6.45, 7) is 11.5. The van der Waals surface area contributed by atoms with E-state index in [0.29, 0.717) is 18.2 Å². The minimum Gasteiger partial charge on any atom is -0.370 e. The first-order chi connectivity index (χ1) is 11.3. The van der Waals surface area contributed by atoms with Gasteiger partial charge in [-0.1, -0.05) is 47.1 Å². The van der Waals surface area contributed by atoms with E-state index >= 15 is 0 Å². The summed E-state index contributed by atoms with van der Waals surface area (Å²) in [6.07, 6.45) is -3.35. The summed E-state index contributed by atoms with van der Waals surface area (Å²) < 4.78 is 38.3. The van der Waals surface area contributed by atoms with Gasteiger partial charge in [0.15, 0.2) is 7.98 Å². The van der Waals surface area contributed by atoms with Gasteiger partial charge < -0.3 is 9.71 Å². The lowest BCUT2D eigenvalue weighted by atomic mass is 9.99. The van der Waals surface area contributed by atoms with Crippen LogP contribution in [-0.4, -0.2) is 39.0 Å². The molecule has 0 bridgehead atoms. The van der Waals surface area contributed by atoms with Crippen LogP contribution in [0.4, 0.5) is 18.9 Å². The molecule has 0 amide bonds. The molecule has 1 aliphatic rings. The quantitative estimate of drug-likeness (QED) is 0.714. The van der Waals surface area contributed by atoms with Crippen LogP contribution >= 0.6 is 0 Å². The van der Waals surface area contributed by atoms with Crippen LogP contribution in [0.1, 0.15) is 46.6 Å². The van der Waals surface area contributed by atoms with Crippen molar-refractivity contribution in [2.75, 3.05) is 25.0 Å². The predicted molar refractivity (Wildman–Crippen MR) is 97.4 cm³/mol. The number of hydrogen-bond acceptors (Lipinski definition) is 2. The van der Waals surface area contributed by atoms with Gasteiger partial charge in [-0.05, 0) is 30.7 Å². The Hall–Kier alpha value is -1.17. The van der Waals surface area contributed by atoms with Crippen molar-refractivity contribution in [3.05, 3.63) is 29.8 Å². The molecule has 1 aromatic carbocycles. The number of halogens is 3. The Labute approximate surface area is 146 Å². The molecule has 6 heteroatoms. The summed E-state index contributed by atoms with van der Waals surface area (Å²) in [6, 6.07) is 5.60. The molecule has 24 heavy (non-hydrogen) atoms. The Bertz CT molecular complexity index is 466. The second kappa shape index (κ2) is 10.6. The average Bonchev–Trinajstić information content (AvgIpc) is 2.98. The van der Waals surface area contributed by atoms with Crippen molar-refractivity contribution >= 4 is 13.7 Å². The number of nitrogens with zero attached hydrogens (tertiary/aromatic N) is 2. The van der Waals surface area contributed by atoms with Crippen molar-refractivity contribution in [1.82, 2.24) is 4.81 Å². The Balaban J connectivity index is 0.00000123. The van der Waals surface area contributed by atoms with Gasteiger partial charge in [0, 0.05) is 25.3 Å². The van der Waals surface area contributed by atoms with Crippen LogP contribution in [0.5, 0.6) is 0 Å². The van der Waals surface area contributed by atoms with Crippen LogP contribution in [0.2, 0.25) is 0 Å². The van der Waals surface area contributed by atoms with Crippen LogP contribution in [-0.2, 0) is 6.18 Å². The zero-order chi connectivity index (χ0) is 18.9. The summed E-state index contributed by atoms with van der Waals surface area (Å²) >= 11 is 0.